The molecule has 0 saturated carbocycles. The van der Waals surface area contributed by atoms with Crippen molar-refractivity contribution in [3.05, 3.63) is 77.6 Å². The maximum atomic E-state index is 14.2. The van der Waals surface area contributed by atoms with Crippen molar-refractivity contribution in [3.63, 3.8) is 0 Å². The van der Waals surface area contributed by atoms with Crippen LogP contribution in [0.1, 0.15) is 25.6 Å². The molecule has 0 amide bonds. The van der Waals surface area contributed by atoms with Crippen LogP contribution in [-0.4, -0.2) is 81.5 Å². The van der Waals surface area contributed by atoms with Crippen molar-refractivity contribution in [2.75, 3.05) is 18.3 Å². The Morgan fingerprint density at radius 2 is 1.94 bits per heavy atom. The van der Waals surface area contributed by atoms with Gasteiger partial charge < -0.3 is 24.2 Å². The van der Waals surface area contributed by atoms with Crippen molar-refractivity contribution in [1.29, 1.82) is 0 Å². The quantitative estimate of drug-likeness (QED) is 0.0879. The number of aromatic nitrogens is 4. The SMILES string of the molecule is C[C@H](NP(=O)(Oc1ccccc1)OC1O[C@@H](n2cnc3c(N(C)NS(C)(=O)=O)ncnc32)[C@](C)(O)C1O)C(=O)OCc1c(F)cccc1Cl. The monoisotopic (exact) mass is 743 g/mol. The Labute approximate surface area is 284 Å². The lowest BCUT2D eigenvalue weighted by molar-refractivity contribution is -0.147. The Bertz CT molecular complexity index is 1970. The number of anilines is 1. The van der Waals surface area contributed by atoms with Crippen LogP contribution in [0.15, 0.2) is 61.2 Å². The van der Waals surface area contributed by atoms with Gasteiger partial charge >= 0.3 is 13.7 Å². The average Bonchev–Trinajstić information content (AvgIpc) is 3.54. The van der Waals surface area contributed by atoms with Gasteiger partial charge in [-0.1, -0.05) is 35.9 Å². The first-order valence-electron chi connectivity index (χ1n) is 14.3. The highest BCUT2D eigenvalue weighted by molar-refractivity contribution is 7.88. The van der Waals surface area contributed by atoms with Crippen LogP contribution in [0, 0.1) is 5.82 Å². The maximum Gasteiger partial charge on any atom is 0.461 e. The van der Waals surface area contributed by atoms with Gasteiger partial charge in [-0.05, 0) is 38.1 Å². The van der Waals surface area contributed by atoms with Crippen LogP contribution in [-0.2, 0) is 40.0 Å². The van der Waals surface area contributed by atoms with Gasteiger partial charge in [0.05, 0.1) is 17.6 Å². The summed E-state index contributed by atoms with van der Waals surface area (Å²) in [5.74, 6) is -1.57. The molecule has 4 N–H and O–H groups in total. The summed E-state index contributed by atoms with van der Waals surface area (Å²) < 4.78 is 75.6. The Morgan fingerprint density at radius 3 is 2.61 bits per heavy atom. The number of hydrogen-bond donors (Lipinski definition) is 4. The van der Waals surface area contributed by atoms with Gasteiger partial charge in [0, 0.05) is 12.6 Å². The summed E-state index contributed by atoms with van der Waals surface area (Å²) >= 11 is 6.02. The molecule has 6 atom stereocenters. The van der Waals surface area contributed by atoms with Crippen LogP contribution in [0.4, 0.5) is 10.2 Å². The van der Waals surface area contributed by atoms with E-state index in [1.165, 1.54) is 56.1 Å². The highest BCUT2D eigenvalue weighted by Gasteiger charge is 2.56. The molecule has 3 heterocycles. The van der Waals surface area contributed by atoms with Crippen LogP contribution in [0.3, 0.4) is 0 Å². The van der Waals surface area contributed by atoms with Crippen LogP contribution in [0.5, 0.6) is 5.75 Å². The van der Waals surface area contributed by atoms with E-state index in [1.54, 1.807) is 18.2 Å². The summed E-state index contributed by atoms with van der Waals surface area (Å²) in [7, 11) is -6.96. The molecular formula is C28H32ClFN7O10PS. The lowest BCUT2D eigenvalue weighted by atomic mass is 9.99. The molecule has 1 fully saturated rings. The normalized spacial score (nSPS) is 22.8. The molecule has 4 aromatic rings. The number of nitrogens with zero attached hydrogens (tertiary/aromatic N) is 5. The third-order valence-electron chi connectivity index (χ3n) is 7.17. The standard InChI is InChI=1S/C28H32ClFN7O10PS/c1-16(25(39)44-13-18-19(29)11-8-12-20(18)30)34-48(41,46-17-9-6-5-7-10-17)47-26-22(38)28(2,40)27(45-26)37-15-33-21-23(31-14-32-24(21)37)36(3)35-49(4,42)43/h5-12,14-16,22,26-27,35,38,40H,13H2,1-4H3,(H,34,41)/t16-,22?,26?,27+,28+,48?/m0/s1. The zero-order valence-corrected chi connectivity index (χ0v) is 28.8. The van der Waals surface area contributed by atoms with E-state index < -0.39 is 66.4 Å². The number of benzene rings is 2. The number of imidazole rings is 1. The molecule has 1 aliphatic heterocycles. The van der Waals surface area contributed by atoms with Gasteiger partial charge in [0.1, 0.15) is 42.2 Å². The van der Waals surface area contributed by atoms with Crippen molar-refractivity contribution in [1.82, 2.24) is 29.4 Å². The van der Waals surface area contributed by atoms with Gasteiger partial charge in [-0.25, -0.2) is 32.3 Å². The van der Waals surface area contributed by atoms with Gasteiger partial charge in [0.15, 0.2) is 23.2 Å². The number of aliphatic hydroxyl groups excluding tert-OH is 1. The van der Waals surface area contributed by atoms with Crippen LogP contribution >= 0.6 is 19.3 Å². The lowest BCUT2D eigenvalue weighted by Gasteiger charge is -2.27. The molecule has 3 unspecified atom stereocenters. The number of hydrazine groups is 1. The Kier molecular flexibility index (Phi) is 10.6. The van der Waals surface area contributed by atoms with E-state index in [4.69, 9.17) is 30.1 Å². The Balaban J connectivity index is 1.39. The predicted molar refractivity (Wildman–Crippen MR) is 172 cm³/mol. The molecule has 0 aliphatic carbocycles. The molecule has 21 heteroatoms. The number of para-hydroxylation sites is 1. The van der Waals surface area contributed by atoms with Gasteiger partial charge in [-0.15, -0.1) is 4.83 Å². The van der Waals surface area contributed by atoms with Crippen LogP contribution in [0.2, 0.25) is 5.02 Å². The number of aliphatic hydroxyl groups is 2. The first kappa shape index (κ1) is 36.5. The van der Waals surface area contributed by atoms with Crippen LogP contribution < -0.4 is 19.5 Å². The third-order valence-corrected chi connectivity index (χ3v) is 9.77. The fraction of sp³-hybridized carbons (Fsp3) is 0.357. The van der Waals surface area contributed by atoms with Crippen molar-refractivity contribution in [3.8, 4) is 5.75 Å². The zero-order valence-electron chi connectivity index (χ0n) is 26.3. The van der Waals surface area contributed by atoms with Gasteiger partial charge in [0.2, 0.25) is 16.3 Å². The highest BCUT2D eigenvalue weighted by atomic mass is 35.5. The van der Waals surface area contributed by atoms with Crippen molar-refractivity contribution in [2.45, 2.75) is 50.7 Å². The van der Waals surface area contributed by atoms with Crippen molar-refractivity contribution >= 4 is 52.3 Å². The summed E-state index contributed by atoms with van der Waals surface area (Å²) in [6.45, 7) is 1.98. The maximum absolute atomic E-state index is 14.2. The number of fused-ring (bicyclic) bond motifs is 1. The van der Waals surface area contributed by atoms with Gasteiger partial charge in [0.25, 0.3) is 0 Å². The number of carbonyl (C=O) groups excluding carboxylic acids is 1. The summed E-state index contributed by atoms with van der Waals surface area (Å²) in [5, 5.41) is 26.2. The van der Waals surface area contributed by atoms with E-state index in [1.807, 2.05) is 0 Å². The summed E-state index contributed by atoms with van der Waals surface area (Å²) in [5.41, 5.74) is -2.04. The molecule has 1 aliphatic rings. The molecule has 2 aromatic heterocycles. The minimum absolute atomic E-state index is 0.0368. The number of esters is 1. The van der Waals surface area contributed by atoms with E-state index in [-0.39, 0.29) is 33.3 Å². The molecule has 5 rings (SSSR count). The average molecular weight is 744 g/mol. The van der Waals surface area contributed by atoms with Crippen molar-refractivity contribution < 1.29 is 50.9 Å². The predicted octanol–water partition coefficient (Wildman–Crippen LogP) is 2.41. The van der Waals surface area contributed by atoms with E-state index in [0.29, 0.717) is 0 Å². The van der Waals surface area contributed by atoms with Gasteiger partial charge in [-0.2, -0.15) is 5.09 Å². The Hall–Kier alpha value is -3.78. The van der Waals surface area contributed by atoms with Crippen molar-refractivity contribution in [2.24, 2.45) is 0 Å². The minimum atomic E-state index is -4.67. The number of carbonyl (C=O) groups is 1. The molecule has 0 radical (unpaired) electrons. The summed E-state index contributed by atoms with van der Waals surface area (Å²) in [4.78, 5) is 27.6. The first-order chi connectivity index (χ1) is 23.0. The van der Waals surface area contributed by atoms with Gasteiger partial charge in [-0.3, -0.25) is 18.9 Å². The summed E-state index contributed by atoms with van der Waals surface area (Å²) in [6, 6.07) is 10.3. The molecule has 0 bridgehead atoms. The second kappa shape index (κ2) is 14.2. The second-order valence-corrected chi connectivity index (χ2v) is 14.9. The number of halogens is 2. The van der Waals surface area contributed by atoms with E-state index >= 15 is 0 Å². The molecule has 49 heavy (non-hydrogen) atoms. The molecule has 17 nitrogen and oxygen atoms in total. The topological polar surface area (TPSA) is 217 Å². The first-order valence-corrected chi connectivity index (χ1v) is 18.2. The molecule has 264 valence electrons. The second-order valence-electron chi connectivity index (χ2n) is 11.1. The molecule has 1 saturated heterocycles. The number of nitrogens with one attached hydrogen (secondary N) is 2. The Morgan fingerprint density at radius 1 is 1.22 bits per heavy atom. The van der Waals surface area contributed by atoms with Crippen LogP contribution in [0.25, 0.3) is 11.2 Å². The molecular weight excluding hydrogens is 712 g/mol. The smallest absolute Gasteiger partial charge is 0.459 e. The van der Waals surface area contributed by atoms with E-state index in [9.17, 15) is 32.4 Å². The number of sulfonamides is 1. The lowest BCUT2D eigenvalue weighted by Crippen LogP contribution is -2.44. The highest BCUT2D eigenvalue weighted by Crippen LogP contribution is 2.51. The minimum Gasteiger partial charge on any atom is -0.459 e. The largest absolute Gasteiger partial charge is 0.461 e. The third kappa shape index (κ3) is 8.17. The molecule has 0 spiro atoms. The number of rotatable bonds is 13. The van der Waals surface area contributed by atoms with E-state index in [2.05, 4.69) is 24.9 Å². The summed E-state index contributed by atoms with van der Waals surface area (Å²) in [6.07, 6.45) is -1.89. The van der Waals surface area contributed by atoms with E-state index in [0.717, 1.165) is 23.7 Å². The fourth-order valence-electron chi connectivity index (χ4n) is 4.80. The zero-order chi connectivity index (χ0) is 35.7. The number of ether oxygens (including phenoxy) is 2. The number of hydrogen-bond acceptors (Lipinski definition) is 14. The fourth-order valence-corrected chi connectivity index (χ4v) is 7.18. The molecule has 2 aromatic carbocycles.